The molecule has 0 saturated carbocycles. The zero-order chi connectivity index (χ0) is 22.2. The molecule has 1 fully saturated rings. The van der Waals surface area contributed by atoms with Crippen LogP contribution in [0, 0.1) is 19.7 Å². The second-order valence-electron chi connectivity index (χ2n) is 7.67. The maximum absolute atomic E-state index is 13.7. The Morgan fingerprint density at radius 2 is 2.00 bits per heavy atom. The van der Waals surface area contributed by atoms with Crippen LogP contribution in [0.4, 0.5) is 10.1 Å². The summed E-state index contributed by atoms with van der Waals surface area (Å²) in [7, 11) is -3.74. The number of amides is 1. The summed E-state index contributed by atoms with van der Waals surface area (Å²) >= 11 is 0. The molecule has 3 N–H and O–H groups in total. The fourth-order valence-corrected chi connectivity index (χ4v) is 5.46. The summed E-state index contributed by atoms with van der Waals surface area (Å²) in [6.45, 7) is 7.13. The number of H-pyrrole nitrogens is 1. The molecule has 0 atom stereocenters. The number of carbonyl (C=O) groups is 1. The zero-order valence-corrected chi connectivity index (χ0v) is 18.2. The van der Waals surface area contributed by atoms with E-state index >= 15 is 0 Å². The Kier molecular flexibility index (Phi) is 5.98. The molecule has 1 aromatic heterocycles. The summed E-state index contributed by atoms with van der Waals surface area (Å²) in [6.07, 6.45) is 1.57. The van der Waals surface area contributed by atoms with Crippen molar-refractivity contribution < 1.29 is 22.3 Å². The van der Waals surface area contributed by atoms with Gasteiger partial charge in [-0.2, -0.15) is 0 Å². The molecule has 1 amide bonds. The molecule has 0 radical (unpaired) electrons. The van der Waals surface area contributed by atoms with Gasteiger partial charge in [-0.1, -0.05) is 0 Å². The SMILES string of the molecule is Cc1[nH]c(/C=C2/C(=O)Nc3ccc(F)cc32)c(C)c1S(=O)(=O)NCCN1CCOCC1. The van der Waals surface area contributed by atoms with Crippen molar-refractivity contribution in [2.24, 2.45) is 0 Å². The molecule has 8 nitrogen and oxygen atoms in total. The molecule has 0 aliphatic carbocycles. The normalized spacial score (nSPS) is 18.4. The van der Waals surface area contributed by atoms with Crippen molar-refractivity contribution in [1.29, 1.82) is 0 Å². The third-order valence-electron chi connectivity index (χ3n) is 5.55. The lowest BCUT2D eigenvalue weighted by Crippen LogP contribution is -2.41. The predicted molar refractivity (Wildman–Crippen MR) is 116 cm³/mol. The molecule has 2 aromatic rings. The first-order valence-corrected chi connectivity index (χ1v) is 11.6. The number of fused-ring (bicyclic) bond motifs is 1. The van der Waals surface area contributed by atoms with Crippen LogP contribution in [0.5, 0.6) is 0 Å². The van der Waals surface area contributed by atoms with Gasteiger partial charge in [-0.05, 0) is 43.7 Å². The molecule has 166 valence electrons. The number of morpholine rings is 1. The van der Waals surface area contributed by atoms with Crippen molar-refractivity contribution >= 4 is 33.3 Å². The number of nitrogens with one attached hydrogen (secondary N) is 3. The lowest BCUT2D eigenvalue weighted by Gasteiger charge is -2.26. The Balaban J connectivity index is 1.57. The topological polar surface area (TPSA) is 104 Å². The zero-order valence-electron chi connectivity index (χ0n) is 17.4. The van der Waals surface area contributed by atoms with E-state index in [0.29, 0.717) is 48.0 Å². The Hall–Kier alpha value is -2.53. The maximum atomic E-state index is 13.7. The lowest BCUT2D eigenvalue weighted by atomic mass is 10.1. The van der Waals surface area contributed by atoms with E-state index in [-0.39, 0.29) is 22.9 Å². The van der Waals surface area contributed by atoms with Crippen LogP contribution in [0.1, 0.15) is 22.5 Å². The Labute approximate surface area is 180 Å². The van der Waals surface area contributed by atoms with Crippen LogP contribution in [0.3, 0.4) is 0 Å². The smallest absolute Gasteiger partial charge is 0.256 e. The van der Waals surface area contributed by atoms with Crippen LogP contribution in [0.25, 0.3) is 11.6 Å². The number of ether oxygens (including phenoxy) is 1. The van der Waals surface area contributed by atoms with E-state index in [1.165, 1.54) is 18.2 Å². The van der Waals surface area contributed by atoms with Crippen molar-refractivity contribution in [1.82, 2.24) is 14.6 Å². The maximum Gasteiger partial charge on any atom is 0.256 e. The number of benzene rings is 1. The average molecular weight is 449 g/mol. The molecule has 2 aliphatic heterocycles. The van der Waals surface area contributed by atoms with Gasteiger partial charge in [0.05, 0.1) is 18.8 Å². The Morgan fingerprint density at radius 3 is 2.74 bits per heavy atom. The van der Waals surface area contributed by atoms with Crippen LogP contribution in [0.15, 0.2) is 23.1 Å². The van der Waals surface area contributed by atoms with Gasteiger partial charge < -0.3 is 15.0 Å². The van der Waals surface area contributed by atoms with Gasteiger partial charge in [-0.3, -0.25) is 9.69 Å². The van der Waals surface area contributed by atoms with Gasteiger partial charge in [0.15, 0.2) is 0 Å². The first kappa shape index (κ1) is 21.7. The van der Waals surface area contributed by atoms with Crippen LogP contribution in [0.2, 0.25) is 0 Å². The van der Waals surface area contributed by atoms with Gasteiger partial charge in [-0.25, -0.2) is 17.5 Å². The molecule has 31 heavy (non-hydrogen) atoms. The molecule has 0 unspecified atom stereocenters. The number of rotatable bonds is 6. The number of hydrogen-bond acceptors (Lipinski definition) is 5. The van der Waals surface area contributed by atoms with Crippen LogP contribution < -0.4 is 10.0 Å². The molecule has 0 bridgehead atoms. The van der Waals surface area contributed by atoms with E-state index < -0.39 is 15.8 Å². The molecule has 10 heteroatoms. The van der Waals surface area contributed by atoms with E-state index in [1.807, 2.05) is 0 Å². The number of aromatic amines is 1. The van der Waals surface area contributed by atoms with Gasteiger partial charge in [0.25, 0.3) is 5.91 Å². The molecule has 4 rings (SSSR count). The van der Waals surface area contributed by atoms with E-state index in [4.69, 9.17) is 4.74 Å². The summed E-state index contributed by atoms with van der Waals surface area (Å²) in [5, 5.41) is 2.69. The number of sulfonamides is 1. The van der Waals surface area contributed by atoms with Crippen molar-refractivity contribution in [3.8, 4) is 0 Å². The molecule has 0 spiro atoms. The minimum Gasteiger partial charge on any atom is -0.379 e. The van der Waals surface area contributed by atoms with Crippen LogP contribution in [-0.4, -0.2) is 63.6 Å². The summed E-state index contributed by atoms with van der Waals surface area (Å²) in [5.74, 6) is -0.812. The number of anilines is 1. The summed E-state index contributed by atoms with van der Waals surface area (Å²) in [6, 6.07) is 4.07. The highest BCUT2D eigenvalue weighted by atomic mass is 32.2. The molecule has 2 aliphatic rings. The summed E-state index contributed by atoms with van der Waals surface area (Å²) < 4.78 is 47.6. The average Bonchev–Trinajstić information content (AvgIpc) is 3.18. The highest BCUT2D eigenvalue weighted by Crippen LogP contribution is 2.35. The second kappa shape index (κ2) is 8.54. The largest absolute Gasteiger partial charge is 0.379 e. The summed E-state index contributed by atoms with van der Waals surface area (Å²) in [4.78, 5) is 17.7. The Bertz CT molecular complexity index is 1150. The second-order valence-corrected chi connectivity index (χ2v) is 9.38. The molecule has 1 saturated heterocycles. The highest BCUT2D eigenvalue weighted by molar-refractivity contribution is 7.89. The Morgan fingerprint density at radius 1 is 1.26 bits per heavy atom. The fraction of sp³-hybridized carbons (Fsp3) is 0.381. The van der Waals surface area contributed by atoms with Gasteiger partial charge in [0, 0.05) is 48.8 Å². The number of carbonyl (C=O) groups excluding carboxylic acids is 1. The number of nitrogens with zero attached hydrogens (tertiary/aromatic N) is 1. The van der Waals surface area contributed by atoms with Crippen LogP contribution in [-0.2, 0) is 19.6 Å². The van der Waals surface area contributed by atoms with Crippen molar-refractivity contribution in [2.75, 3.05) is 44.7 Å². The molecular weight excluding hydrogens is 423 g/mol. The van der Waals surface area contributed by atoms with E-state index in [9.17, 15) is 17.6 Å². The van der Waals surface area contributed by atoms with Gasteiger partial charge in [-0.15, -0.1) is 0 Å². The van der Waals surface area contributed by atoms with Gasteiger partial charge >= 0.3 is 0 Å². The fourth-order valence-electron chi connectivity index (χ4n) is 3.99. The van der Waals surface area contributed by atoms with E-state index in [0.717, 1.165) is 13.1 Å². The quantitative estimate of drug-likeness (QED) is 0.586. The number of aromatic nitrogens is 1. The predicted octanol–water partition coefficient (Wildman–Crippen LogP) is 1.87. The van der Waals surface area contributed by atoms with Crippen molar-refractivity contribution in [2.45, 2.75) is 18.7 Å². The van der Waals surface area contributed by atoms with E-state index in [1.54, 1.807) is 19.9 Å². The minimum atomic E-state index is -3.74. The molecule has 1 aromatic carbocycles. The number of aryl methyl sites for hydroxylation is 1. The first-order valence-electron chi connectivity index (χ1n) is 10.1. The van der Waals surface area contributed by atoms with Crippen molar-refractivity contribution in [3.05, 3.63) is 46.5 Å². The first-order chi connectivity index (χ1) is 14.8. The third kappa shape index (κ3) is 4.42. The summed E-state index contributed by atoms with van der Waals surface area (Å²) in [5.41, 5.74) is 2.72. The third-order valence-corrected chi connectivity index (χ3v) is 7.29. The van der Waals surface area contributed by atoms with Crippen molar-refractivity contribution in [3.63, 3.8) is 0 Å². The van der Waals surface area contributed by atoms with Crippen LogP contribution >= 0.6 is 0 Å². The lowest BCUT2D eigenvalue weighted by molar-refractivity contribution is -0.110. The monoisotopic (exact) mass is 448 g/mol. The standard InChI is InChI=1S/C21H25FN4O4S/c1-13-19(12-17-16-11-15(22)3-4-18(16)25-21(17)27)24-14(2)20(13)31(28,29)23-5-6-26-7-9-30-10-8-26/h3-4,11-12,23-24H,5-10H2,1-2H3,(H,25,27)/b17-12+. The minimum absolute atomic E-state index is 0.166. The number of hydrogen-bond donors (Lipinski definition) is 3. The molecular formula is C21H25FN4O4S. The number of halogens is 1. The van der Waals surface area contributed by atoms with Gasteiger partial charge in [0.1, 0.15) is 10.7 Å². The molecule has 3 heterocycles. The van der Waals surface area contributed by atoms with E-state index in [2.05, 4.69) is 19.9 Å². The van der Waals surface area contributed by atoms with Gasteiger partial charge in [0.2, 0.25) is 10.0 Å². The highest BCUT2D eigenvalue weighted by Gasteiger charge is 2.27.